The molecule has 0 bridgehead atoms. The Kier molecular flexibility index (Phi) is 3.79. The van der Waals surface area contributed by atoms with Crippen LogP contribution in [0.25, 0.3) is 0 Å². The number of carbonyl (C=O) groups is 1. The van der Waals surface area contributed by atoms with Crippen LogP contribution >= 0.6 is 0 Å². The monoisotopic (exact) mass is 233 g/mol. The molecule has 1 atom stereocenters. The van der Waals surface area contributed by atoms with Crippen LogP contribution in [0, 0.1) is 5.92 Å². The first-order valence-electron chi connectivity index (χ1n) is 6.16. The second-order valence-corrected chi connectivity index (χ2v) is 4.97. The van der Waals surface area contributed by atoms with E-state index in [2.05, 4.69) is 11.8 Å². The maximum absolute atomic E-state index is 10.8. The first kappa shape index (κ1) is 12.1. The third-order valence-corrected chi connectivity index (χ3v) is 3.36. The van der Waals surface area contributed by atoms with E-state index >= 15 is 0 Å². The number of nitrogens with zero attached hydrogens (tertiary/aromatic N) is 1. The van der Waals surface area contributed by atoms with Crippen LogP contribution in [0.1, 0.15) is 24.5 Å². The van der Waals surface area contributed by atoms with Gasteiger partial charge in [0, 0.05) is 13.1 Å². The highest BCUT2D eigenvalue weighted by Crippen LogP contribution is 2.19. The Bertz CT molecular complexity index is 403. The van der Waals surface area contributed by atoms with Gasteiger partial charge in [-0.15, -0.1) is 0 Å². The van der Waals surface area contributed by atoms with E-state index in [0.29, 0.717) is 0 Å². The SMILES string of the molecule is CC1CCN(Cc2ccccc2CC(=O)O)C1. The minimum Gasteiger partial charge on any atom is -0.481 e. The smallest absolute Gasteiger partial charge is 0.307 e. The molecule has 0 spiro atoms. The maximum atomic E-state index is 10.8. The molecule has 0 saturated carbocycles. The number of hydrogen-bond acceptors (Lipinski definition) is 2. The molecule has 1 saturated heterocycles. The summed E-state index contributed by atoms with van der Waals surface area (Å²) in [5.74, 6) is 0.00822. The maximum Gasteiger partial charge on any atom is 0.307 e. The van der Waals surface area contributed by atoms with Crippen LogP contribution in [0.4, 0.5) is 0 Å². The van der Waals surface area contributed by atoms with Gasteiger partial charge in [-0.2, -0.15) is 0 Å². The fourth-order valence-electron chi connectivity index (χ4n) is 2.46. The molecule has 1 aromatic carbocycles. The van der Waals surface area contributed by atoms with Crippen LogP contribution in [0.5, 0.6) is 0 Å². The average molecular weight is 233 g/mol. The molecule has 1 unspecified atom stereocenters. The fourth-order valence-corrected chi connectivity index (χ4v) is 2.46. The second-order valence-electron chi connectivity index (χ2n) is 4.97. The summed E-state index contributed by atoms with van der Waals surface area (Å²) < 4.78 is 0. The van der Waals surface area contributed by atoms with E-state index in [1.807, 2.05) is 24.3 Å². The summed E-state index contributed by atoms with van der Waals surface area (Å²) in [6.45, 7) is 5.40. The Morgan fingerprint density at radius 1 is 1.41 bits per heavy atom. The zero-order valence-electron chi connectivity index (χ0n) is 10.2. The number of likely N-dealkylation sites (tertiary alicyclic amines) is 1. The van der Waals surface area contributed by atoms with E-state index < -0.39 is 5.97 Å². The van der Waals surface area contributed by atoms with E-state index in [4.69, 9.17) is 5.11 Å². The van der Waals surface area contributed by atoms with E-state index in [-0.39, 0.29) is 6.42 Å². The number of aliphatic carboxylic acids is 1. The molecule has 1 aliphatic rings. The molecule has 17 heavy (non-hydrogen) atoms. The summed E-state index contributed by atoms with van der Waals surface area (Å²) in [4.78, 5) is 13.2. The summed E-state index contributed by atoms with van der Waals surface area (Å²) in [6, 6.07) is 7.86. The Hall–Kier alpha value is -1.35. The van der Waals surface area contributed by atoms with Crippen molar-refractivity contribution in [3.05, 3.63) is 35.4 Å². The van der Waals surface area contributed by atoms with Crippen LogP contribution in [0.3, 0.4) is 0 Å². The number of rotatable bonds is 4. The van der Waals surface area contributed by atoms with Crippen molar-refractivity contribution in [2.45, 2.75) is 26.3 Å². The molecule has 92 valence electrons. The molecule has 0 amide bonds. The second kappa shape index (κ2) is 5.32. The fraction of sp³-hybridized carbons (Fsp3) is 0.500. The lowest BCUT2D eigenvalue weighted by Gasteiger charge is -2.17. The lowest BCUT2D eigenvalue weighted by atomic mass is 10.0. The quantitative estimate of drug-likeness (QED) is 0.866. The summed E-state index contributed by atoms with van der Waals surface area (Å²) in [5.41, 5.74) is 2.10. The molecular weight excluding hydrogens is 214 g/mol. The van der Waals surface area contributed by atoms with Gasteiger partial charge in [0.2, 0.25) is 0 Å². The van der Waals surface area contributed by atoms with Crippen LogP contribution in [0.15, 0.2) is 24.3 Å². The van der Waals surface area contributed by atoms with Crippen molar-refractivity contribution < 1.29 is 9.90 Å². The Morgan fingerprint density at radius 2 is 2.12 bits per heavy atom. The first-order chi connectivity index (χ1) is 8.15. The lowest BCUT2D eigenvalue weighted by molar-refractivity contribution is -0.136. The molecule has 3 heteroatoms. The highest BCUT2D eigenvalue weighted by molar-refractivity contribution is 5.70. The van der Waals surface area contributed by atoms with Crippen molar-refractivity contribution in [3.8, 4) is 0 Å². The predicted molar refractivity (Wildman–Crippen MR) is 66.8 cm³/mol. The molecule has 2 rings (SSSR count). The van der Waals surface area contributed by atoms with Gasteiger partial charge in [-0.05, 0) is 30.0 Å². The van der Waals surface area contributed by atoms with Crippen molar-refractivity contribution in [3.63, 3.8) is 0 Å². The van der Waals surface area contributed by atoms with Gasteiger partial charge in [-0.3, -0.25) is 9.69 Å². The molecule has 1 aromatic rings. The molecular formula is C14H19NO2. The summed E-state index contributed by atoms with van der Waals surface area (Å²) in [7, 11) is 0. The van der Waals surface area contributed by atoms with E-state index in [0.717, 1.165) is 36.7 Å². The minimum absolute atomic E-state index is 0.125. The molecule has 1 aliphatic heterocycles. The third kappa shape index (κ3) is 3.30. The molecule has 1 N–H and O–H groups in total. The highest BCUT2D eigenvalue weighted by Gasteiger charge is 2.19. The molecule has 1 fully saturated rings. The standard InChI is InChI=1S/C14H19NO2/c1-11-6-7-15(9-11)10-13-5-3-2-4-12(13)8-14(16)17/h2-5,11H,6-10H2,1H3,(H,16,17). The molecule has 1 heterocycles. The third-order valence-electron chi connectivity index (χ3n) is 3.36. The molecule has 0 radical (unpaired) electrons. The van der Waals surface area contributed by atoms with Crippen LogP contribution in [0.2, 0.25) is 0 Å². The summed E-state index contributed by atoms with van der Waals surface area (Å²) in [6.07, 6.45) is 1.38. The minimum atomic E-state index is -0.757. The van der Waals surface area contributed by atoms with Gasteiger partial charge in [-0.1, -0.05) is 31.2 Å². The van der Waals surface area contributed by atoms with Gasteiger partial charge in [0.05, 0.1) is 6.42 Å². The topological polar surface area (TPSA) is 40.5 Å². The van der Waals surface area contributed by atoms with Crippen molar-refractivity contribution in [2.24, 2.45) is 5.92 Å². The number of carboxylic acid groups (broad SMARTS) is 1. The Morgan fingerprint density at radius 3 is 2.71 bits per heavy atom. The van der Waals surface area contributed by atoms with Gasteiger partial charge in [0.1, 0.15) is 0 Å². The van der Waals surface area contributed by atoms with Gasteiger partial charge in [-0.25, -0.2) is 0 Å². The van der Waals surface area contributed by atoms with Gasteiger partial charge < -0.3 is 5.11 Å². The Balaban J connectivity index is 2.06. The van der Waals surface area contributed by atoms with Crippen molar-refractivity contribution >= 4 is 5.97 Å². The van der Waals surface area contributed by atoms with Crippen molar-refractivity contribution in [2.75, 3.05) is 13.1 Å². The summed E-state index contributed by atoms with van der Waals surface area (Å²) >= 11 is 0. The number of carboxylic acids is 1. The van der Waals surface area contributed by atoms with Crippen molar-refractivity contribution in [1.82, 2.24) is 4.90 Å². The summed E-state index contributed by atoms with van der Waals surface area (Å²) in [5, 5.41) is 8.88. The van der Waals surface area contributed by atoms with E-state index in [9.17, 15) is 4.79 Å². The van der Waals surface area contributed by atoms with Gasteiger partial charge >= 0.3 is 5.97 Å². The zero-order valence-corrected chi connectivity index (χ0v) is 10.2. The van der Waals surface area contributed by atoms with Crippen LogP contribution < -0.4 is 0 Å². The van der Waals surface area contributed by atoms with Crippen LogP contribution in [-0.2, 0) is 17.8 Å². The predicted octanol–water partition coefficient (Wildman–Crippen LogP) is 2.16. The molecule has 0 aromatic heterocycles. The van der Waals surface area contributed by atoms with E-state index in [1.54, 1.807) is 0 Å². The first-order valence-corrected chi connectivity index (χ1v) is 6.16. The highest BCUT2D eigenvalue weighted by atomic mass is 16.4. The molecule has 0 aliphatic carbocycles. The lowest BCUT2D eigenvalue weighted by Crippen LogP contribution is -2.20. The van der Waals surface area contributed by atoms with Crippen molar-refractivity contribution in [1.29, 1.82) is 0 Å². The normalized spacial score (nSPS) is 20.6. The number of benzene rings is 1. The van der Waals surface area contributed by atoms with Crippen LogP contribution in [-0.4, -0.2) is 29.1 Å². The molecule has 3 nitrogen and oxygen atoms in total. The average Bonchev–Trinajstić information content (AvgIpc) is 2.66. The van der Waals surface area contributed by atoms with Gasteiger partial charge in [0.25, 0.3) is 0 Å². The zero-order chi connectivity index (χ0) is 12.3. The largest absolute Gasteiger partial charge is 0.481 e. The van der Waals surface area contributed by atoms with Gasteiger partial charge in [0.15, 0.2) is 0 Å². The van der Waals surface area contributed by atoms with E-state index in [1.165, 1.54) is 6.42 Å². The number of hydrogen-bond donors (Lipinski definition) is 1. The Labute approximate surface area is 102 Å².